The van der Waals surface area contributed by atoms with Crippen LogP contribution in [0.3, 0.4) is 0 Å². The predicted octanol–water partition coefficient (Wildman–Crippen LogP) is 3.49. The molecule has 0 saturated carbocycles. The van der Waals surface area contributed by atoms with Crippen LogP contribution in [-0.4, -0.2) is 22.5 Å². The number of unbranched alkanes of at least 4 members (excludes halogenated alkanes) is 2. The van der Waals surface area contributed by atoms with Crippen molar-refractivity contribution in [2.45, 2.75) is 26.2 Å². The lowest BCUT2D eigenvalue weighted by Crippen LogP contribution is -2.10. The molecule has 0 spiro atoms. The Kier molecular flexibility index (Phi) is 4.81. The fourth-order valence-corrected chi connectivity index (χ4v) is 2.07. The van der Waals surface area contributed by atoms with Gasteiger partial charge in [-0.15, -0.1) is 0 Å². The van der Waals surface area contributed by atoms with Crippen molar-refractivity contribution in [2.24, 2.45) is 0 Å². The average molecular weight is 288 g/mol. The molecule has 6 nitrogen and oxygen atoms in total. The summed E-state index contributed by atoms with van der Waals surface area (Å²) in [5, 5.41) is 11.5. The Hall–Kier alpha value is -2.50. The van der Waals surface area contributed by atoms with Crippen LogP contribution in [-0.2, 0) is 4.74 Å². The Balaban J connectivity index is 2.37. The van der Waals surface area contributed by atoms with Crippen LogP contribution in [0.2, 0.25) is 0 Å². The molecule has 0 atom stereocenters. The Morgan fingerprint density at radius 2 is 2.10 bits per heavy atom. The number of nitrogens with zero attached hydrogens (tertiary/aromatic N) is 2. The largest absolute Gasteiger partial charge is 0.462 e. The van der Waals surface area contributed by atoms with Crippen molar-refractivity contribution in [3.05, 3.63) is 46.1 Å². The molecular formula is C15H16N2O4. The van der Waals surface area contributed by atoms with Gasteiger partial charge < -0.3 is 4.74 Å². The second-order valence-electron chi connectivity index (χ2n) is 4.64. The molecule has 0 aliphatic rings. The first-order valence-corrected chi connectivity index (χ1v) is 6.84. The number of carbonyl (C=O) groups is 1. The molecule has 0 saturated heterocycles. The lowest BCUT2D eigenvalue weighted by Gasteiger charge is -2.07. The number of ether oxygens (including phenoxy) is 1. The van der Waals surface area contributed by atoms with Crippen LogP contribution in [0.1, 0.15) is 36.5 Å². The van der Waals surface area contributed by atoms with Gasteiger partial charge in [-0.2, -0.15) is 0 Å². The van der Waals surface area contributed by atoms with E-state index in [1.165, 1.54) is 0 Å². The van der Waals surface area contributed by atoms with E-state index in [2.05, 4.69) is 4.98 Å². The summed E-state index contributed by atoms with van der Waals surface area (Å²) in [6.45, 7) is 2.31. The average Bonchev–Trinajstić information content (AvgIpc) is 2.50. The van der Waals surface area contributed by atoms with Crippen LogP contribution in [0, 0.1) is 10.1 Å². The van der Waals surface area contributed by atoms with Gasteiger partial charge in [0.2, 0.25) is 0 Å². The number of nitro groups is 1. The van der Waals surface area contributed by atoms with Crippen LogP contribution in [0.5, 0.6) is 0 Å². The Morgan fingerprint density at radius 3 is 2.81 bits per heavy atom. The number of hydrogen-bond donors (Lipinski definition) is 0. The summed E-state index contributed by atoms with van der Waals surface area (Å²) in [5.74, 6) is -0.670. The van der Waals surface area contributed by atoms with Gasteiger partial charge in [-0.05, 0) is 12.5 Å². The SMILES string of the molecule is CCCCCOC(=O)c1c([N+](=O)[O-])cnc2ccccc12. The monoisotopic (exact) mass is 288 g/mol. The number of fused-ring (bicyclic) bond motifs is 1. The standard InChI is InChI=1S/C15H16N2O4/c1-2-3-6-9-21-15(18)14-11-7-4-5-8-12(11)16-10-13(14)17(19)20/h4-5,7-8,10H,2-3,6,9H2,1H3. The molecule has 1 heterocycles. The molecule has 0 aliphatic heterocycles. The van der Waals surface area contributed by atoms with Crippen molar-refractivity contribution in [2.75, 3.05) is 6.61 Å². The molecule has 2 aromatic rings. The van der Waals surface area contributed by atoms with Gasteiger partial charge in [-0.3, -0.25) is 10.1 Å². The van der Waals surface area contributed by atoms with Crippen LogP contribution in [0.4, 0.5) is 5.69 Å². The molecule has 1 aromatic carbocycles. The molecule has 21 heavy (non-hydrogen) atoms. The Morgan fingerprint density at radius 1 is 1.33 bits per heavy atom. The first-order chi connectivity index (χ1) is 10.1. The zero-order chi connectivity index (χ0) is 15.2. The quantitative estimate of drug-likeness (QED) is 0.351. The molecule has 0 N–H and O–H groups in total. The minimum atomic E-state index is -0.670. The van der Waals surface area contributed by atoms with E-state index in [4.69, 9.17) is 4.74 Å². The number of aromatic nitrogens is 1. The number of esters is 1. The van der Waals surface area contributed by atoms with Gasteiger partial charge in [0.1, 0.15) is 11.8 Å². The van der Waals surface area contributed by atoms with Crippen molar-refractivity contribution in [3.63, 3.8) is 0 Å². The maximum Gasteiger partial charge on any atom is 0.345 e. The van der Waals surface area contributed by atoms with Gasteiger partial charge in [0.25, 0.3) is 0 Å². The topological polar surface area (TPSA) is 82.3 Å². The zero-order valence-electron chi connectivity index (χ0n) is 11.7. The normalized spacial score (nSPS) is 10.5. The van der Waals surface area contributed by atoms with Crippen LogP contribution < -0.4 is 0 Å². The molecule has 0 fully saturated rings. The van der Waals surface area contributed by atoms with Crippen molar-refractivity contribution in [1.29, 1.82) is 0 Å². The molecule has 0 aliphatic carbocycles. The van der Waals surface area contributed by atoms with Gasteiger partial charge in [0.15, 0.2) is 0 Å². The van der Waals surface area contributed by atoms with Crippen molar-refractivity contribution in [1.82, 2.24) is 4.98 Å². The van der Waals surface area contributed by atoms with Gasteiger partial charge in [-0.1, -0.05) is 38.0 Å². The molecule has 0 amide bonds. The van der Waals surface area contributed by atoms with E-state index >= 15 is 0 Å². The first-order valence-electron chi connectivity index (χ1n) is 6.84. The van der Waals surface area contributed by atoms with E-state index in [0.717, 1.165) is 25.5 Å². The van der Waals surface area contributed by atoms with Crippen LogP contribution in [0.15, 0.2) is 30.5 Å². The second-order valence-corrected chi connectivity index (χ2v) is 4.64. The van der Waals surface area contributed by atoms with E-state index in [1.54, 1.807) is 24.3 Å². The molecule has 0 radical (unpaired) electrons. The van der Waals surface area contributed by atoms with E-state index in [9.17, 15) is 14.9 Å². The van der Waals surface area contributed by atoms with E-state index in [-0.39, 0.29) is 17.9 Å². The first kappa shape index (κ1) is 14.9. The molecule has 0 unspecified atom stereocenters. The van der Waals surface area contributed by atoms with Crippen LogP contribution in [0.25, 0.3) is 10.9 Å². The molecular weight excluding hydrogens is 272 g/mol. The molecule has 0 bridgehead atoms. The van der Waals surface area contributed by atoms with E-state index in [0.29, 0.717) is 10.9 Å². The molecule has 110 valence electrons. The third-order valence-electron chi connectivity index (χ3n) is 3.14. The summed E-state index contributed by atoms with van der Waals surface area (Å²) in [7, 11) is 0. The fraction of sp³-hybridized carbons (Fsp3) is 0.333. The summed E-state index contributed by atoms with van der Waals surface area (Å²) >= 11 is 0. The third-order valence-corrected chi connectivity index (χ3v) is 3.14. The Bertz CT molecular complexity index is 670. The minimum absolute atomic E-state index is 0.0258. The number of carbonyl (C=O) groups excluding carboxylic acids is 1. The maximum atomic E-state index is 12.2. The van der Waals surface area contributed by atoms with E-state index < -0.39 is 10.9 Å². The molecule has 1 aromatic heterocycles. The number of pyridine rings is 1. The van der Waals surface area contributed by atoms with Gasteiger partial charge in [0.05, 0.1) is 17.0 Å². The van der Waals surface area contributed by atoms with Gasteiger partial charge in [0, 0.05) is 5.39 Å². The highest BCUT2D eigenvalue weighted by atomic mass is 16.6. The predicted molar refractivity (Wildman–Crippen MR) is 78.2 cm³/mol. The number of rotatable bonds is 6. The number of para-hydroxylation sites is 1. The lowest BCUT2D eigenvalue weighted by molar-refractivity contribution is -0.385. The van der Waals surface area contributed by atoms with E-state index in [1.807, 2.05) is 6.92 Å². The molecule has 6 heteroatoms. The Labute approximate surface area is 121 Å². The second kappa shape index (κ2) is 6.78. The van der Waals surface area contributed by atoms with Crippen molar-refractivity contribution in [3.8, 4) is 0 Å². The van der Waals surface area contributed by atoms with Crippen LogP contribution >= 0.6 is 0 Å². The number of hydrogen-bond acceptors (Lipinski definition) is 5. The third kappa shape index (κ3) is 3.34. The van der Waals surface area contributed by atoms with Gasteiger partial charge >= 0.3 is 11.7 Å². The highest BCUT2D eigenvalue weighted by Gasteiger charge is 2.25. The summed E-state index contributed by atoms with van der Waals surface area (Å²) in [6, 6.07) is 6.81. The fourth-order valence-electron chi connectivity index (χ4n) is 2.07. The maximum absolute atomic E-state index is 12.2. The highest BCUT2D eigenvalue weighted by molar-refractivity contribution is 6.06. The van der Waals surface area contributed by atoms with Crippen molar-refractivity contribution >= 4 is 22.6 Å². The number of benzene rings is 1. The summed E-state index contributed by atoms with van der Waals surface area (Å²) in [4.78, 5) is 26.7. The van der Waals surface area contributed by atoms with Crippen molar-refractivity contribution < 1.29 is 14.5 Å². The van der Waals surface area contributed by atoms with Gasteiger partial charge in [-0.25, -0.2) is 9.78 Å². The smallest absolute Gasteiger partial charge is 0.345 e. The molecule has 2 rings (SSSR count). The lowest BCUT2D eigenvalue weighted by atomic mass is 10.1. The summed E-state index contributed by atoms with van der Waals surface area (Å²) < 4.78 is 5.16. The highest BCUT2D eigenvalue weighted by Crippen LogP contribution is 2.26. The zero-order valence-corrected chi connectivity index (χ0v) is 11.7. The summed E-state index contributed by atoms with van der Waals surface area (Å²) in [6.07, 6.45) is 3.81. The minimum Gasteiger partial charge on any atom is -0.462 e. The summed E-state index contributed by atoms with van der Waals surface area (Å²) in [5.41, 5.74) is 0.180.